The highest BCUT2D eigenvalue weighted by Gasteiger charge is 2.08. The highest BCUT2D eigenvalue weighted by molar-refractivity contribution is 7.90. The molecule has 0 unspecified atom stereocenters. The fraction of sp³-hybridized carbons (Fsp3) is 0.250. The van der Waals surface area contributed by atoms with E-state index in [0.717, 1.165) is 6.26 Å². The van der Waals surface area contributed by atoms with Crippen molar-refractivity contribution in [2.24, 2.45) is 0 Å². The molecule has 0 spiro atoms. The van der Waals surface area contributed by atoms with Crippen molar-refractivity contribution in [3.8, 4) is 0 Å². The largest absolute Gasteiger partial charge is 0.461 e. The Kier molecular flexibility index (Phi) is 4.45. The van der Waals surface area contributed by atoms with Gasteiger partial charge in [-0.15, -0.1) is 0 Å². The zero-order valence-electron chi connectivity index (χ0n) is 9.55. The SMILES string of the molecule is C=CCOC(=O)Cc1ccc(S(C)(=O)=O)cc1. The summed E-state index contributed by atoms with van der Waals surface area (Å²) in [5.41, 5.74) is 0.714. The number of hydrogen-bond donors (Lipinski definition) is 0. The van der Waals surface area contributed by atoms with Gasteiger partial charge in [-0.25, -0.2) is 8.42 Å². The van der Waals surface area contributed by atoms with E-state index < -0.39 is 9.84 Å². The second-order valence-electron chi connectivity index (χ2n) is 3.56. The number of ether oxygens (including phenoxy) is 1. The lowest BCUT2D eigenvalue weighted by Crippen LogP contribution is -2.08. The van der Waals surface area contributed by atoms with Crippen molar-refractivity contribution in [1.29, 1.82) is 0 Å². The van der Waals surface area contributed by atoms with E-state index in [0.29, 0.717) is 5.56 Å². The van der Waals surface area contributed by atoms with E-state index in [-0.39, 0.29) is 23.9 Å². The molecular weight excluding hydrogens is 240 g/mol. The van der Waals surface area contributed by atoms with Crippen LogP contribution in [0.3, 0.4) is 0 Å². The predicted molar refractivity (Wildman–Crippen MR) is 64.4 cm³/mol. The van der Waals surface area contributed by atoms with Crippen LogP contribution >= 0.6 is 0 Å². The Balaban J connectivity index is 2.69. The van der Waals surface area contributed by atoms with Crippen molar-refractivity contribution >= 4 is 15.8 Å². The van der Waals surface area contributed by atoms with Gasteiger partial charge in [-0.3, -0.25) is 4.79 Å². The first kappa shape index (κ1) is 13.4. The Labute approximate surface area is 101 Å². The molecule has 0 aromatic heterocycles. The van der Waals surface area contributed by atoms with Crippen molar-refractivity contribution in [3.63, 3.8) is 0 Å². The monoisotopic (exact) mass is 254 g/mol. The molecule has 5 heteroatoms. The van der Waals surface area contributed by atoms with Gasteiger partial charge in [-0.1, -0.05) is 24.8 Å². The summed E-state index contributed by atoms with van der Waals surface area (Å²) < 4.78 is 27.2. The van der Waals surface area contributed by atoms with Crippen LogP contribution in [-0.4, -0.2) is 27.2 Å². The van der Waals surface area contributed by atoms with Crippen LogP contribution in [0.1, 0.15) is 5.56 Å². The summed E-state index contributed by atoms with van der Waals surface area (Å²) in [7, 11) is -3.19. The van der Waals surface area contributed by atoms with Crippen LogP contribution in [-0.2, 0) is 25.8 Å². The summed E-state index contributed by atoms with van der Waals surface area (Å²) in [5.74, 6) is -0.364. The van der Waals surface area contributed by atoms with Gasteiger partial charge in [0.1, 0.15) is 6.61 Å². The number of esters is 1. The second kappa shape index (κ2) is 5.63. The fourth-order valence-electron chi connectivity index (χ4n) is 1.22. The fourth-order valence-corrected chi connectivity index (χ4v) is 1.85. The lowest BCUT2D eigenvalue weighted by molar-refractivity contribution is -0.141. The maximum Gasteiger partial charge on any atom is 0.310 e. The summed E-state index contributed by atoms with van der Waals surface area (Å²) in [5, 5.41) is 0. The molecule has 17 heavy (non-hydrogen) atoms. The van der Waals surface area contributed by atoms with Crippen LogP contribution < -0.4 is 0 Å². The van der Waals surface area contributed by atoms with E-state index in [4.69, 9.17) is 4.74 Å². The van der Waals surface area contributed by atoms with Crippen molar-refractivity contribution in [2.75, 3.05) is 12.9 Å². The third kappa shape index (κ3) is 4.40. The van der Waals surface area contributed by atoms with E-state index in [2.05, 4.69) is 6.58 Å². The molecule has 1 aromatic carbocycles. The Morgan fingerprint density at radius 2 is 1.94 bits per heavy atom. The van der Waals surface area contributed by atoms with Gasteiger partial charge in [-0.2, -0.15) is 0 Å². The molecule has 1 rings (SSSR count). The van der Waals surface area contributed by atoms with Crippen LogP contribution in [0.2, 0.25) is 0 Å². The van der Waals surface area contributed by atoms with E-state index in [9.17, 15) is 13.2 Å². The van der Waals surface area contributed by atoms with Gasteiger partial charge >= 0.3 is 5.97 Å². The molecule has 0 atom stereocenters. The lowest BCUT2D eigenvalue weighted by atomic mass is 10.1. The number of rotatable bonds is 5. The molecule has 0 bridgehead atoms. The minimum absolute atomic E-state index is 0.123. The van der Waals surface area contributed by atoms with Gasteiger partial charge in [-0.05, 0) is 17.7 Å². The third-order valence-corrected chi connectivity index (χ3v) is 3.19. The smallest absolute Gasteiger partial charge is 0.310 e. The maximum absolute atomic E-state index is 11.3. The topological polar surface area (TPSA) is 60.4 Å². The number of sulfone groups is 1. The molecule has 0 saturated heterocycles. The summed E-state index contributed by atoms with van der Waals surface area (Å²) in [6.07, 6.45) is 2.75. The van der Waals surface area contributed by atoms with E-state index in [1.807, 2.05) is 0 Å². The Hall–Kier alpha value is -1.62. The number of benzene rings is 1. The van der Waals surface area contributed by atoms with Crippen molar-refractivity contribution in [3.05, 3.63) is 42.5 Å². The maximum atomic E-state index is 11.3. The molecule has 4 nitrogen and oxygen atoms in total. The minimum Gasteiger partial charge on any atom is -0.461 e. The molecule has 0 fully saturated rings. The molecule has 92 valence electrons. The molecule has 0 aliphatic carbocycles. The van der Waals surface area contributed by atoms with Gasteiger partial charge in [0.15, 0.2) is 9.84 Å². The molecule has 0 aliphatic rings. The second-order valence-corrected chi connectivity index (χ2v) is 5.58. The zero-order valence-corrected chi connectivity index (χ0v) is 10.4. The van der Waals surface area contributed by atoms with Crippen molar-refractivity contribution in [2.45, 2.75) is 11.3 Å². The number of carbonyl (C=O) groups excluding carboxylic acids is 1. The van der Waals surface area contributed by atoms with Crippen LogP contribution in [0.4, 0.5) is 0 Å². The average molecular weight is 254 g/mol. The number of hydrogen-bond acceptors (Lipinski definition) is 4. The van der Waals surface area contributed by atoms with E-state index >= 15 is 0 Å². The van der Waals surface area contributed by atoms with Crippen LogP contribution in [0.5, 0.6) is 0 Å². The lowest BCUT2D eigenvalue weighted by Gasteiger charge is -2.03. The Bertz CT molecular complexity index is 500. The molecule has 0 heterocycles. The summed E-state index contributed by atoms with van der Waals surface area (Å²) in [6, 6.07) is 6.16. The summed E-state index contributed by atoms with van der Waals surface area (Å²) in [6.45, 7) is 3.62. The van der Waals surface area contributed by atoms with E-state index in [1.54, 1.807) is 12.1 Å². The molecular formula is C12H14O4S. The van der Waals surface area contributed by atoms with Crippen LogP contribution in [0, 0.1) is 0 Å². The third-order valence-electron chi connectivity index (χ3n) is 2.06. The number of carbonyl (C=O) groups is 1. The first-order chi connectivity index (χ1) is 7.93. The quantitative estimate of drug-likeness (QED) is 0.588. The standard InChI is InChI=1S/C12H14O4S/c1-3-8-16-12(13)9-10-4-6-11(7-5-10)17(2,14)15/h3-7H,1,8-9H2,2H3. The summed E-state index contributed by atoms with van der Waals surface area (Å²) >= 11 is 0. The van der Waals surface area contributed by atoms with Crippen molar-refractivity contribution in [1.82, 2.24) is 0 Å². The van der Waals surface area contributed by atoms with Gasteiger partial charge in [0.25, 0.3) is 0 Å². The molecule has 1 aromatic rings. The van der Waals surface area contributed by atoms with Crippen LogP contribution in [0.25, 0.3) is 0 Å². The van der Waals surface area contributed by atoms with Crippen molar-refractivity contribution < 1.29 is 17.9 Å². The molecule has 0 N–H and O–H groups in total. The highest BCUT2D eigenvalue weighted by Crippen LogP contribution is 2.11. The normalized spacial score (nSPS) is 10.9. The first-order valence-electron chi connectivity index (χ1n) is 4.99. The van der Waals surface area contributed by atoms with Crippen LogP contribution in [0.15, 0.2) is 41.8 Å². The Morgan fingerprint density at radius 1 is 1.35 bits per heavy atom. The van der Waals surface area contributed by atoms with Gasteiger partial charge in [0.2, 0.25) is 0 Å². The summed E-state index contributed by atoms with van der Waals surface area (Å²) in [4.78, 5) is 11.5. The Morgan fingerprint density at radius 3 is 2.41 bits per heavy atom. The molecule has 0 radical (unpaired) electrons. The van der Waals surface area contributed by atoms with Gasteiger partial charge < -0.3 is 4.74 Å². The van der Waals surface area contributed by atoms with Gasteiger partial charge in [0, 0.05) is 6.26 Å². The average Bonchev–Trinajstić information content (AvgIpc) is 2.26. The zero-order chi connectivity index (χ0) is 12.9. The molecule has 0 saturated carbocycles. The predicted octanol–water partition coefficient (Wildman–Crippen LogP) is 1.36. The first-order valence-corrected chi connectivity index (χ1v) is 6.88. The molecule has 0 aliphatic heterocycles. The van der Waals surface area contributed by atoms with E-state index in [1.165, 1.54) is 18.2 Å². The van der Waals surface area contributed by atoms with Gasteiger partial charge in [0.05, 0.1) is 11.3 Å². The highest BCUT2D eigenvalue weighted by atomic mass is 32.2. The molecule has 0 amide bonds. The minimum atomic E-state index is -3.19.